The molecule has 7 heteroatoms. The number of hydrogen-bond donors (Lipinski definition) is 1. The summed E-state index contributed by atoms with van der Waals surface area (Å²) in [5, 5.41) is 12.5. The number of nitrogens with zero attached hydrogens (tertiary/aromatic N) is 2. The molecular weight excluding hydrogens is 314 g/mol. The van der Waals surface area contributed by atoms with E-state index in [9.17, 15) is 4.79 Å². The zero-order valence-corrected chi connectivity index (χ0v) is 13.4. The maximum absolute atomic E-state index is 12.3. The highest BCUT2D eigenvalue weighted by Gasteiger charge is 2.22. The third-order valence-corrected chi connectivity index (χ3v) is 5.14. The van der Waals surface area contributed by atoms with Crippen molar-refractivity contribution in [2.24, 2.45) is 5.92 Å². The van der Waals surface area contributed by atoms with Gasteiger partial charge in [-0.15, -0.1) is 10.2 Å². The Balaban J connectivity index is 1.47. The Labute approximate surface area is 137 Å². The van der Waals surface area contributed by atoms with Crippen LogP contribution in [0.2, 0.25) is 0 Å². The Morgan fingerprint density at radius 1 is 1.13 bits per heavy atom. The lowest BCUT2D eigenvalue weighted by Gasteiger charge is -2.19. The van der Waals surface area contributed by atoms with Crippen LogP contribution in [0.5, 0.6) is 11.5 Å². The lowest BCUT2D eigenvalue weighted by atomic mass is 9.89. The number of nitrogens with one attached hydrogen (secondary N) is 1. The highest BCUT2D eigenvalue weighted by Crippen LogP contribution is 2.37. The third-order valence-electron chi connectivity index (χ3n) is 4.25. The zero-order valence-electron chi connectivity index (χ0n) is 12.6. The summed E-state index contributed by atoms with van der Waals surface area (Å²) in [6.45, 7) is 0.248. The van der Waals surface area contributed by atoms with Crippen LogP contribution in [-0.4, -0.2) is 22.9 Å². The summed E-state index contributed by atoms with van der Waals surface area (Å²) >= 11 is 1.37. The molecule has 6 nitrogen and oxygen atoms in total. The van der Waals surface area contributed by atoms with Gasteiger partial charge >= 0.3 is 0 Å². The molecule has 1 fully saturated rings. The van der Waals surface area contributed by atoms with Gasteiger partial charge in [0.15, 0.2) is 11.5 Å². The molecule has 1 aliphatic carbocycles. The third kappa shape index (κ3) is 3.01. The normalized spacial score (nSPS) is 17.2. The first-order valence-electron chi connectivity index (χ1n) is 7.84. The minimum atomic E-state index is 0.0677. The van der Waals surface area contributed by atoms with Crippen molar-refractivity contribution >= 4 is 22.4 Å². The topological polar surface area (TPSA) is 73.3 Å². The molecule has 2 aromatic rings. The minimum Gasteiger partial charge on any atom is -0.454 e. The molecule has 120 valence electrons. The van der Waals surface area contributed by atoms with Crippen molar-refractivity contribution in [1.82, 2.24) is 10.2 Å². The van der Waals surface area contributed by atoms with Crippen molar-refractivity contribution in [2.75, 3.05) is 12.1 Å². The summed E-state index contributed by atoms with van der Waals surface area (Å²) in [7, 11) is 0. The zero-order chi connectivity index (χ0) is 15.6. The molecule has 0 bridgehead atoms. The number of aromatic nitrogens is 2. The predicted molar refractivity (Wildman–Crippen MR) is 86.7 cm³/mol. The molecule has 2 aliphatic rings. The molecule has 1 aromatic heterocycles. The van der Waals surface area contributed by atoms with Gasteiger partial charge < -0.3 is 14.8 Å². The minimum absolute atomic E-state index is 0.0677. The quantitative estimate of drug-likeness (QED) is 0.932. The summed E-state index contributed by atoms with van der Waals surface area (Å²) < 4.78 is 10.7. The number of anilines is 1. The molecule has 0 atom stereocenters. The number of ether oxygens (including phenoxy) is 2. The van der Waals surface area contributed by atoms with Crippen LogP contribution in [0.4, 0.5) is 5.13 Å². The van der Waals surface area contributed by atoms with Crippen LogP contribution in [0.1, 0.15) is 32.1 Å². The summed E-state index contributed by atoms with van der Waals surface area (Å²) in [6, 6.07) is 5.66. The fourth-order valence-electron chi connectivity index (χ4n) is 2.99. The van der Waals surface area contributed by atoms with Gasteiger partial charge in [-0.25, -0.2) is 0 Å². The lowest BCUT2D eigenvalue weighted by Crippen LogP contribution is -2.24. The number of amides is 1. The molecule has 0 unspecified atom stereocenters. The van der Waals surface area contributed by atoms with Gasteiger partial charge in [-0.1, -0.05) is 30.6 Å². The predicted octanol–water partition coefficient (Wildman–Crippen LogP) is 3.45. The van der Waals surface area contributed by atoms with Gasteiger partial charge in [0.05, 0.1) is 0 Å². The Bertz CT molecular complexity index is 725. The van der Waals surface area contributed by atoms with Gasteiger partial charge in [0, 0.05) is 11.5 Å². The molecule has 23 heavy (non-hydrogen) atoms. The van der Waals surface area contributed by atoms with Crippen LogP contribution in [0.3, 0.4) is 0 Å². The lowest BCUT2D eigenvalue weighted by molar-refractivity contribution is -0.120. The van der Waals surface area contributed by atoms with Crippen molar-refractivity contribution in [1.29, 1.82) is 0 Å². The number of benzene rings is 1. The second kappa shape index (κ2) is 6.16. The molecule has 0 radical (unpaired) electrons. The molecule has 4 rings (SSSR count). The smallest absolute Gasteiger partial charge is 0.231 e. The summed E-state index contributed by atoms with van der Waals surface area (Å²) in [6.07, 6.45) is 5.45. The fourth-order valence-corrected chi connectivity index (χ4v) is 3.74. The molecule has 1 amide bonds. The number of rotatable bonds is 3. The number of fused-ring (bicyclic) bond motifs is 1. The van der Waals surface area contributed by atoms with E-state index in [-0.39, 0.29) is 18.6 Å². The van der Waals surface area contributed by atoms with Crippen molar-refractivity contribution in [3.05, 3.63) is 18.2 Å². The Morgan fingerprint density at radius 3 is 2.83 bits per heavy atom. The highest BCUT2D eigenvalue weighted by molar-refractivity contribution is 7.18. The van der Waals surface area contributed by atoms with Crippen molar-refractivity contribution in [2.45, 2.75) is 32.1 Å². The van der Waals surface area contributed by atoms with E-state index < -0.39 is 0 Å². The largest absolute Gasteiger partial charge is 0.454 e. The average Bonchev–Trinajstić information content (AvgIpc) is 3.23. The van der Waals surface area contributed by atoms with Crippen LogP contribution in [0.15, 0.2) is 18.2 Å². The monoisotopic (exact) mass is 331 g/mol. The van der Waals surface area contributed by atoms with E-state index in [4.69, 9.17) is 9.47 Å². The fraction of sp³-hybridized carbons (Fsp3) is 0.438. The van der Waals surface area contributed by atoms with Crippen LogP contribution in [0.25, 0.3) is 10.6 Å². The number of hydrogen-bond acceptors (Lipinski definition) is 6. The first-order valence-corrected chi connectivity index (χ1v) is 8.65. The van der Waals surface area contributed by atoms with Crippen LogP contribution in [0, 0.1) is 5.92 Å². The molecule has 1 aliphatic heterocycles. The first-order chi connectivity index (χ1) is 11.3. The molecule has 1 aromatic carbocycles. The first kappa shape index (κ1) is 14.4. The van der Waals surface area contributed by atoms with Crippen molar-refractivity contribution in [3.8, 4) is 22.1 Å². The maximum Gasteiger partial charge on any atom is 0.231 e. The average molecular weight is 331 g/mol. The Morgan fingerprint density at radius 2 is 1.96 bits per heavy atom. The van der Waals surface area contributed by atoms with Crippen molar-refractivity contribution in [3.63, 3.8) is 0 Å². The standard InChI is InChI=1S/C16H17N3O3S/c20-14(10-4-2-1-3-5-10)17-16-19-18-15(23-16)11-6-7-12-13(8-11)22-9-21-12/h6-8,10H,1-5,9H2,(H,17,19,20). The van der Waals surface area contributed by atoms with E-state index in [0.29, 0.717) is 10.9 Å². The number of carbonyl (C=O) groups is 1. The second-order valence-corrected chi connectivity index (χ2v) is 6.78. The van der Waals surface area contributed by atoms with Crippen LogP contribution >= 0.6 is 11.3 Å². The summed E-state index contributed by atoms with van der Waals surface area (Å²) in [5.41, 5.74) is 0.907. The molecule has 1 saturated carbocycles. The van der Waals surface area contributed by atoms with Crippen LogP contribution < -0.4 is 14.8 Å². The van der Waals surface area contributed by atoms with Gasteiger partial charge in [0.25, 0.3) is 0 Å². The van der Waals surface area contributed by atoms with Crippen LogP contribution in [-0.2, 0) is 4.79 Å². The molecule has 2 heterocycles. The van der Waals surface area contributed by atoms with E-state index in [2.05, 4.69) is 15.5 Å². The molecular formula is C16H17N3O3S. The highest BCUT2D eigenvalue weighted by atomic mass is 32.1. The van der Waals surface area contributed by atoms with E-state index in [1.54, 1.807) is 0 Å². The molecule has 0 saturated heterocycles. The van der Waals surface area contributed by atoms with Gasteiger partial charge in [0.2, 0.25) is 17.8 Å². The van der Waals surface area contributed by atoms with E-state index in [1.165, 1.54) is 17.8 Å². The van der Waals surface area contributed by atoms with Gasteiger partial charge in [-0.3, -0.25) is 4.79 Å². The second-order valence-electron chi connectivity index (χ2n) is 5.80. The van der Waals surface area contributed by atoms with Crippen molar-refractivity contribution < 1.29 is 14.3 Å². The Kier molecular flexibility index (Phi) is 3.87. The van der Waals surface area contributed by atoms with Gasteiger partial charge in [-0.2, -0.15) is 0 Å². The summed E-state index contributed by atoms with van der Waals surface area (Å²) in [5.74, 6) is 1.63. The van der Waals surface area contributed by atoms with E-state index in [1.807, 2.05) is 18.2 Å². The maximum atomic E-state index is 12.3. The molecule has 1 N–H and O–H groups in total. The SMILES string of the molecule is O=C(Nc1nnc(-c2ccc3c(c2)OCO3)s1)C1CCCCC1. The Hall–Kier alpha value is -2.15. The van der Waals surface area contributed by atoms with Gasteiger partial charge in [0.1, 0.15) is 5.01 Å². The molecule has 0 spiro atoms. The van der Waals surface area contributed by atoms with E-state index >= 15 is 0 Å². The summed E-state index contributed by atoms with van der Waals surface area (Å²) in [4.78, 5) is 12.3. The number of carbonyl (C=O) groups excluding carboxylic acids is 1. The van der Waals surface area contributed by atoms with Gasteiger partial charge in [-0.05, 0) is 31.0 Å². The van der Waals surface area contributed by atoms with E-state index in [0.717, 1.165) is 42.0 Å².